The molecular formula is C12H15N5O2. The van der Waals surface area contributed by atoms with Gasteiger partial charge in [0.25, 0.3) is 5.69 Å². The van der Waals surface area contributed by atoms with Crippen LogP contribution in [-0.2, 0) is 0 Å². The molecule has 0 aliphatic heterocycles. The van der Waals surface area contributed by atoms with Crippen LogP contribution in [0.1, 0.15) is 18.3 Å². The summed E-state index contributed by atoms with van der Waals surface area (Å²) in [5, 5.41) is 18.2. The SMILES string of the molecule is CCNc1cc([N+](=O)[O-])cc(-n2nc(C)cc2C)n1. The van der Waals surface area contributed by atoms with Gasteiger partial charge in [0.05, 0.1) is 22.7 Å². The first-order valence-corrected chi connectivity index (χ1v) is 5.95. The molecule has 0 amide bonds. The number of pyridine rings is 1. The molecule has 2 aromatic rings. The lowest BCUT2D eigenvalue weighted by Gasteiger charge is -2.07. The highest BCUT2D eigenvalue weighted by Crippen LogP contribution is 2.20. The van der Waals surface area contributed by atoms with Crippen molar-refractivity contribution in [3.63, 3.8) is 0 Å². The first kappa shape index (κ1) is 13.0. The second-order valence-electron chi connectivity index (χ2n) is 4.20. The molecule has 0 aliphatic carbocycles. The van der Waals surface area contributed by atoms with E-state index in [-0.39, 0.29) is 5.69 Å². The number of aryl methyl sites for hydroxylation is 2. The van der Waals surface area contributed by atoms with Gasteiger partial charge in [-0.25, -0.2) is 9.67 Å². The summed E-state index contributed by atoms with van der Waals surface area (Å²) < 4.78 is 1.60. The fourth-order valence-corrected chi connectivity index (χ4v) is 1.85. The Morgan fingerprint density at radius 2 is 2.11 bits per heavy atom. The quantitative estimate of drug-likeness (QED) is 0.673. The zero-order chi connectivity index (χ0) is 14.0. The third-order valence-corrected chi connectivity index (χ3v) is 2.59. The first-order chi connectivity index (χ1) is 9.01. The van der Waals surface area contributed by atoms with Crippen LogP contribution in [0.2, 0.25) is 0 Å². The molecule has 100 valence electrons. The van der Waals surface area contributed by atoms with E-state index in [0.29, 0.717) is 18.2 Å². The maximum Gasteiger partial charge on any atom is 0.276 e. The van der Waals surface area contributed by atoms with E-state index in [1.807, 2.05) is 26.8 Å². The number of rotatable bonds is 4. The average Bonchev–Trinajstić information content (AvgIpc) is 2.68. The molecular weight excluding hydrogens is 246 g/mol. The molecule has 0 unspecified atom stereocenters. The normalized spacial score (nSPS) is 10.5. The molecule has 2 heterocycles. The Morgan fingerprint density at radius 1 is 1.37 bits per heavy atom. The number of hydrogen-bond donors (Lipinski definition) is 1. The van der Waals surface area contributed by atoms with Crippen LogP contribution < -0.4 is 5.32 Å². The Kier molecular flexibility index (Phi) is 3.46. The number of nitrogens with one attached hydrogen (secondary N) is 1. The summed E-state index contributed by atoms with van der Waals surface area (Å²) in [6, 6.07) is 4.73. The summed E-state index contributed by atoms with van der Waals surface area (Å²) >= 11 is 0. The molecule has 0 bridgehead atoms. The molecule has 2 rings (SSSR count). The van der Waals surface area contributed by atoms with Crippen LogP contribution in [0, 0.1) is 24.0 Å². The van der Waals surface area contributed by atoms with E-state index >= 15 is 0 Å². The molecule has 7 heteroatoms. The maximum absolute atomic E-state index is 11.0. The van der Waals surface area contributed by atoms with Crippen LogP contribution in [0.4, 0.5) is 11.5 Å². The molecule has 0 atom stereocenters. The predicted molar refractivity (Wildman–Crippen MR) is 71.7 cm³/mol. The van der Waals surface area contributed by atoms with Crippen molar-refractivity contribution in [1.82, 2.24) is 14.8 Å². The molecule has 0 aromatic carbocycles. The highest BCUT2D eigenvalue weighted by molar-refractivity contribution is 5.50. The van der Waals surface area contributed by atoms with Crippen molar-refractivity contribution in [1.29, 1.82) is 0 Å². The van der Waals surface area contributed by atoms with Crippen LogP contribution in [0.15, 0.2) is 18.2 Å². The minimum absolute atomic E-state index is 0.00602. The second-order valence-corrected chi connectivity index (χ2v) is 4.20. The molecule has 2 aromatic heterocycles. The van der Waals surface area contributed by atoms with E-state index in [2.05, 4.69) is 15.4 Å². The number of nitro groups is 1. The number of hydrogen-bond acceptors (Lipinski definition) is 5. The van der Waals surface area contributed by atoms with Gasteiger partial charge >= 0.3 is 0 Å². The van der Waals surface area contributed by atoms with Crippen LogP contribution in [0.5, 0.6) is 0 Å². The first-order valence-electron chi connectivity index (χ1n) is 5.95. The fourth-order valence-electron chi connectivity index (χ4n) is 1.85. The number of nitrogens with zero attached hydrogens (tertiary/aromatic N) is 4. The van der Waals surface area contributed by atoms with Crippen molar-refractivity contribution in [2.75, 3.05) is 11.9 Å². The summed E-state index contributed by atoms with van der Waals surface area (Å²) in [6.07, 6.45) is 0. The summed E-state index contributed by atoms with van der Waals surface area (Å²) in [5.74, 6) is 0.912. The molecule has 19 heavy (non-hydrogen) atoms. The minimum atomic E-state index is -0.433. The van der Waals surface area contributed by atoms with Crippen molar-refractivity contribution in [2.24, 2.45) is 0 Å². The molecule has 0 saturated heterocycles. The molecule has 1 N–H and O–H groups in total. The van der Waals surface area contributed by atoms with Gasteiger partial charge < -0.3 is 5.32 Å². The Bertz CT molecular complexity index is 621. The zero-order valence-electron chi connectivity index (χ0n) is 11.0. The van der Waals surface area contributed by atoms with Crippen LogP contribution in [0.25, 0.3) is 5.82 Å². The van der Waals surface area contributed by atoms with Crippen LogP contribution in [-0.4, -0.2) is 26.2 Å². The van der Waals surface area contributed by atoms with Crippen molar-refractivity contribution >= 4 is 11.5 Å². The Morgan fingerprint density at radius 3 is 2.63 bits per heavy atom. The molecule has 7 nitrogen and oxygen atoms in total. The lowest BCUT2D eigenvalue weighted by molar-refractivity contribution is -0.384. The number of aromatic nitrogens is 3. The van der Waals surface area contributed by atoms with E-state index in [1.54, 1.807) is 4.68 Å². The second kappa shape index (κ2) is 5.05. The largest absolute Gasteiger partial charge is 0.370 e. The Hall–Kier alpha value is -2.44. The average molecular weight is 261 g/mol. The third kappa shape index (κ3) is 2.70. The van der Waals surface area contributed by atoms with Gasteiger partial charge in [-0.1, -0.05) is 0 Å². The monoisotopic (exact) mass is 261 g/mol. The Balaban J connectivity index is 2.55. The van der Waals surface area contributed by atoms with Gasteiger partial charge in [0.15, 0.2) is 5.82 Å². The maximum atomic E-state index is 11.0. The van der Waals surface area contributed by atoms with E-state index in [0.717, 1.165) is 11.4 Å². The predicted octanol–water partition coefficient (Wildman–Crippen LogP) is 2.22. The van der Waals surface area contributed by atoms with Gasteiger partial charge in [-0.2, -0.15) is 5.10 Å². The lowest BCUT2D eigenvalue weighted by Crippen LogP contribution is -2.07. The summed E-state index contributed by atoms with van der Waals surface area (Å²) in [7, 11) is 0. The van der Waals surface area contributed by atoms with Gasteiger partial charge in [-0.3, -0.25) is 10.1 Å². The number of anilines is 1. The smallest absolute Gasteiger partial charge is 0.276 e. The molecule has 0 aliphatic rings. The molecule has 0 saturated carbocycles. The van der Waals surface area contributed by atoms with Gasteiger partial charge in [0.1, 0.15) is 5.82 Å². The van der Waals surface area contributed by atoms with E-state index < -0.39 is 4.92 Å². The zero-order valence-corrected chi connectivity index (χ0v) is 11.0. The Labute approximate surface area is 110 Å². The lowest BCUT2D eigenvalue weighted by atomic mass is 10.3. The summed E-state index contributed by atoms with van der Waals surface area (Å²) in [6.45, 7) is 6.30. The van der Waals surface area contributed by atoms with E-state index in [1.165, 1.54) is 12.1 Å². The molecule has 0 spiro atoms. The highest BCUT2D eigenvalue weighted by atomic mass is 16.6. The van der Waals surface area contributed by atoms with Crippen molar-refractivity contribution < 1.29 is 4.92 Å². The minimum Gasteiger partial charge on any atom is -0.370 e. The van der Waals surface area contributed by atoms with Crippen molar-refractivity contribution in [3.8, 4) is 5.82 Å². The molecule has 0 fully saturated rings. The van der Waals surface area contributed by atoms with Crippen molar-refractivity contribution in [3.05, 3.63) is 39.7 Å². The van der Waals surface area contributed by atoms with E-state index in [4.69, 9.17) is 0 Å². The van der Waals surface area contributed by atoms with Gasteiger partial charge in [0, 0.05) is 12.2 Å². The van der Waals surface area contributed by atoms with E-state index in [9.17, 15) is 10.1 Å². The van der Waals surface area contributed by atoms with Gasteiger partial charge in [-0.05, 0) is 26.8 Å². The summed E-state index contributed by atoms with van der Waals surface area (Å²) in [5.41, 5.74) is 1.72. The fraction of sp³-hybridized carbons (Fsp3) is 0.333. The third-order valence-electron chi connectivity index (χ3n) is 2.59. The van der Waals surface area contributed by atoms with Crippen LogP contribution >= 0.6 is 0 Å². The summed E-state index contributed by atoms with van der Waals surface area (Å²) in [4.78, 5) is 14.9. The van der Waals surface area contributed by atoms with Crippen molar-refractivity contribution in [2.45, 2.75) is 20.8 Å². The molecule has 0 radical (unpaired) electrons. The highest BCUT2D eigenvalue weighted by Gasteiger charge is 2.14. The topological polar surface area (TPSA) is 85.9 Å². The van der Waals surface area contributed by atoms with Crippen LogP contribution in [0.3, 0.4) is 0 Å². The van der Waals surface area contributed by atoms with Gasteiger partial charge in [-0.15, -0.1) is 0 Å². The van der Waals surface area contributed by atoms with Gasteiger partial charge in [0.2, 0.25) is 0 Å². The standard InChI is InChI=1S/C12H15N5O2/c1-4-13-11-6-10(17(18)19)7-12(14-11)16-9(3)5-8(2)15-16/h5-7H,4H2,1-3H3,(H,13,14).